The average molecular weight is 216 g/mol. The molecule has 1 saturated heterocycles. The van der Waals surface area contributed by atoms with Gasteiger partial charge in [0.05, 0.1) is 12.7 Å². The summed E-state index contributed by atoms with van der Waals surface area (Å²) in [6, 6.07) is 0.458. The molecule has 0 radical (unpaired) electrons. The second-order valence-corrected chi connectivity index (χ2v) is 4.45. The molecule has 1 rings (SSSR count). The van der Waals surface area contributed by atoms with Crippen LogP contribution in [0.3, 0.4) is 0 Å². The second kappa shape index (κ2) is 6.43. The molecule has 2 atom stereocenters. The molecule has 0 spiro atoms. The van der Waals surface area contributed by atoms with Crippen LogP contribution < -0.4 is 0 Å². The van der Waals surface area contributed by atoms with Crippen molar-refractivity contribution >= 4 is 0 Å². The Labute approximate surface area is 92.8 Å². The molecule has 90 valence electrons. The van der Waals surface area contributed by atoms with Crippen molar-refractivity contribution in [3.05, 3.63) is 0 Å². The molecule has 1 aliphatic heterocycles. The topological polar surface area (TPSA) is 35.9 Å². The normalized spacial score (nSPS) is 26.8. The summed E-state index contributed by atoms with van der Waals surface area (Å²) in [5, 5.41) is 9.77. The standard InChI is InChI=1S/C11H24N2O2/c1-4-15-9-11(14)7-10-8-12(2)5-6-13(10)3/h10-11,14H,4-9H2,1-3H3. The molecule has 1 aliphatic rings. The summed E-state index contributed by atoms with van der Waals surface area (Å²) in [6.07, 6.45) is 0.477. The minimum absolute atomic E-state index is 0.330. The van der Waals surface area contributed by atoms with Crippen LogP contribution >= 0.6 is 0 Å². The molecule has 0 aromatic carbocycles. The van der Waals surface area contributed by atoms with Gasteiger partial charge in [0.25, 0.3) is 0 Å². The molecule has 4 heteroatoms. The zero-order valence-electron chi connectivity index (χ0n) is 10.1. The lowest BCUT2D eigenvalue weighted by molar-refractivity contribution is 0.00944. The Balaban J connectivity index is 2.28. The quantitative estimate of drug-likeness (QED) is 0.703. The smallest absolute Gasteiger partial charge is 0.0789 e. The maximum Gasteiger partial charge on any atom is 0.0789 e. The van der Waals surface area contributed by atoms with Crippen molar-refractivity contribution in [1.29, 1.82) is 0 Å². The second-order valence-electron chi connectivity index (χ2n) is 4.45. The Morgan fingerprint density at radius 2 is 2.13 bits per heavy atom. The van der Waals surface area contributed by atoms with Crippen LogP contribution in [-0.2, 0) is 4.74 Å². The van der Waals surface area contributed by atoms with E-state index in [4.69, 9.17) is 4.74 Å². The summed E-state index contributed by atoms with van der Waals surface area (Å²) >= 11 is 0. The van der Waals surface area contributed by atoms with Gasteiger partial charge in [-0.2, -0.15) is 0 Å². The summed E-state index contributed by atoms with van der Waals surface area (Å²) in [6.45, 7) is 6.34. The van der Waals surface area contributed by atoms with E-state index in [2.05, 4.69) is 23.9 Å². The molecule has 15 heavy (non-hydrogen) atoms. The van der Waals surface area contributed by atoms with Crippen LogP contribution in [0.2, 0.25) is 0 Å². The van der Waals surface area contributed by atoms with E-state index in [9.17, 15) is 5.11 Å². The zero-order chi connectivity index (χ0) is 11.3. The molecular weight excluding hydrogens is 192 g/mol. The van der Waals surface area contributed by atoms with Crippen molar-refractivity contribution in [2.45, 2.75) is 25.5 Å². The molecule has 0 saturated carbocycles. The Kier molecular flexibility index (Phi) is 5.53. The van der Waals surface area contributed by atoms with E-state index in [-0.39, 0.29) is 6.10 Å². The van der Waals surface area contributed by atoms with E-state index in [1.807, 2.05) is 6.92 Å². The third-order valence-corrected chi connectivity index (χ3v) is 3.04. The molecular formula is C11H24N2O2. The number of aliphatic hydroxyl groups excluding tert-OH is 1. The highest BCUT2D eigenvalue weighted by Gasteiger charge is 2.24. The molecule has 0 aromatic heterocycles. The Morgan fingerprint density at radius 3 is 2.80 bits per heavy atom. The third-order valence-electron chi connectivity index (χ3n) is 3.04. The highest BCUT2D eigenvalue weighted by atomic mass is 16.5. The van der Waals surface area contributed by atoms with Crippen LogP contribution in [0.15, 0.2) is 0 Å². The van der Waals surface area contributed by atoms with E-state index in [1.165, 1.54) is 0 Å². The van der Waals surface area contributed by atoms with Gasteiger partial charge in [-0.3, -0.25) is 0 Å². The first kappa shape index (κ1) is 12.9. The van der Waals surface area contributed by atoms with Gasteiger partial charge >= 0.3 is 0 Å². The molecule has 1 heterocycles. The van der Waals surface area contributed by atoms with Crippen LogP contribution in [-0.4, -0.2) is 74.0 Å². The summed E-state index contributed by atoms with van der Waals surface area (Å²) < 4.78 is 5.22. The number of rotatable bonds is 5. The van der Waals surface area contributed by atoms with Gasteiger partial charge in [-0.1, -0.05) is 0 Å². The molecule has 4 nitrogen and oxygen atoms in total. The first-order valence-corrected chi connectivity index (χ1v) is 5.78. The van der Waals surface area contributed by atoms with E-state index >= 15 is 0 Å². The largest absolute Gasteiger partial charge is 0.391 e. The predicted molar refractivity (Wildman–Crippen MR) is 61.0 cm³/mol. The van der Waals surface area contributed by atoms with E-state index in [0.29, 0.717) is 19.3 Å². The minimum Gasteiger partial charge on any atom is -0.391 e. The first-order chi connectivity index (χ1) is 7.13. The highest BCUT2D eigenvalue weighted by molar-refractivity contribution is 4.80. The molecule has 0 aliphatic carbocycles. The maximum atomic E-state index is 9.77. The van der Waals surface area contributed by atoms with E-state index in [1.54, 1.807) is 0 Å². The van der Waals surface area contributed by atoms with Gasteiger partial charge in [-0.05, 0) is 27.4 Å². The lowest BCUT2D eigenvalue weighted by atomic mass is 10.1. The van der Waals surface area contributed by atoms with Crippen LogP contribution in [0.5, 0.6) is 0 Å². The van der Waals surface area contributed by atoms with Gasteiger partial charge in [0.2, 0.25) is 0 Å². The van der Waals surface area contributed by atoms with Crippen molar-refractivity contribution in [3.63, 3.8) is 0 Å². The van der Waals surface area contributed by atoms with Crippen molar-refractivity contribution in [2.24, 2.45) is 0 Å². The van der Waals surface area contributed by atoms with E-state index in [0.717, 1.165) is 26.1 Å². The monoisotopic (exact) mass is 216 g/mol. The third kappa shape index (κ3) is 4.47. The Hall–Kier alpha value is -0.160. The number of aliphatic hydroxyl groups is 1. The van der Waals surface area contributed by atoms with Gasteiger partial charge in [-0.25, -0.2) is 0 Å². The van der Waals surface area contributed by atoms with Crippen molar-refractivity contribution in [2.75, 3.05) is 46.9 Å². The molecule has 0 aromatic rings. The maximum absolute atomic E-state index is 9.77. The van der Waals surface area contributed by atoms with Gasteiger partial charge in [0, 0.05) is 32.3 Å². The molecule has 1 fully saturated rings. The predicted octanol–water partition coefficient (Wildman–Crippen LogP) is 0.0197. The molecule has 0 bridgehead atoms. The number of ether oxygens (including phenoxy) is 1. The van der Waals surface area contributed by atoms with Crippen molar-refractivity contribution in [1.82, 2.24) is 9.80 Å². The lowest BCUT2D eigenvalue weighted by Gasteiger charge is -2.38. The minimum atomic E-state index is -0.330. The average Bonchev–Trinajstić information content (AvgIpc) is 2.20. The first-order valence-electron chi connectivity index (χ1n) is 5.78. The SMILES string of the molecule is CCOCC(O)CC1CN(C)CCN1C. The summed E-state index contributed by atoms with van der Waals surface area (Å²) in [5.41, 5.74) is 0. The number of nitrogens with zero attached hydrogens (tertiary/aromatic N) is 2. The molecule has 1 N–H and O–H groups in total. The number of hydrogen-bond donors (Lipinski definition) is 1. The molecule has 2 unspecified atom stereocenters. The van der Waals surface area contributed by atoms with Crippen molar-refractivity contribution < 1.29 is 9.84 Å². The summed E-state index contributed by atoms with van der Waals surface area (Å²) in [4.78, 5) is 4.65. The fourth-order valence-electron chi connectivity index (χ4n) is 1.99. The van der Waals surface area contributed by atoms with Gasteiger partial charge in [-0.15, -0.1) is 0 Å². The van der Waals surface area contributed by atoms with Gasteiger partial charge < -0.3 is 19.6 Å². The molecule has 0 amide bonds. The number of likely N-dealkylation sites (N-methyl/N-ethyl adjacent to an activating group) is 2. The van der Waals surface area contributed by atoms with Crippen LogP contribution in [0, 0.1) is 0 Å². The Morgan fingerprint density at radius 1 is 1.40 bits per heavy atom. The number of piperazine rings is 1. The fraction of sp³-hybridized carbons (Fsp3) is 1.00. The van der Waals surface area contributed by atoms with E-state index < -0.39 is 0 Å². The summed E-state index contributed by atoms with van der Waals surface area (Å²) in [7, 11) is 4.26. The van der Waals surface area contributed by atoms with Crippen LogP contribution in [0.1, 0.15) is 13.3 Å². The lowest BCUT2D eigenvalue weighted by Crippen LogP contribution is -2.51. The zero-order valence-corrected chi connectivity index (χ0v) is 10.1. The summed E-state index contributed by atoms with van der Waals surface area (Å²) in [5.74, 6) is 0. The van der Waals surface area contributed by atoms with Crippen LogP contribution in [0.25, 0.3) is 0 Å². The van der Waals surface area contributed by atoms with Gasteiger partial charge in [0.15, 0.2) is 0 Å². The van der Waals surface area contributed by atoms with Gasteiger partial charge in [0.1, 0.15) is 0 Å². The fourth-order valence-corrected chi connectivity index (χ4v) is 1.99. The number of hydrogen-bond acceptors (Lipinski definition) is 4. The van der Waals surface area contributed by atoms with Crippen molar-refractivity contribution in [3.8, 4) is 0 Å². The van der Waals surface area contributed by atoms with Crippen LogP contribution in [0.4, 0.5) is 0 Å². The Bertz CT molecular complexity index is 178. The highest BCUT2D eigenvalue weighted by Crippen LogP contribution is 2.11.